The number of rotatable bonds is 7. The number of benzene rings is 7. The van der Waals surface area contributed by atoms with E-state index in [4.69, 9.17) is 15.0 Å². The summed E-state index contributed by atoms with van der Waals surface area (Å²) in [6.45, 7) is 0. The van der Waals surface area contributed by atoms with Crippen molar-refractivity contribution in [3.63, 3.8) is 0 Å². The van der Waals surface area contributed by atoms with Crippen molar-refractivity contribution in [3.05, 3.63) is 200 Å². The third-order valence-electron chi connectivity index (χ3n) is 10.0. The Morgan fingerprint density at radius 2 is 0.944 bits per heavy atom. The number of fused-ring (bicyclic) bond motifs is 4. The van der Waals surface area contributed by atoms with E-state index >= 15 is 0 Å². The highest BCUT2D eigenvalue weighted by atomic mass is 15.1. The maximum absolute atomic E-state index is 5.31. The topological polar surface area (TPSA) is 46.8 Å². The molecule has 0 saturated carbocycles. The van der Waals surface area contributed by atoms with Gasteiger partial charge in [0.1, 0.15) is 5.69 Å². The van der Waals surface area contributed by atoms with Gasteiger partial charge in [-0.15, -0.1) is 0 Å². The van der Waals surface area contributed by atoms with Gasteiger partial charge in [-0.3, -0.25) is 9.55 Å². The molecule has 0 aliphatic heterocycles. The van der Waals surface area contributed by atoms with Crippen LogP contribution in [0.15, 0.2) is 200 Å². The highest BCUT2D eigenvalue weighted by Crippen LogP contribution is 2.40. The quantitative estimate of drug-likeness (QED) is 0.167. The molecule has 0 saturated heterocycles. The van der Waals surface area contributed by atoms with Crippen LogP contribution in [0, 0.1) is 0 Å². The van der Waals surface area contributed by atoms with Gasteiger partial charge >= 0.3 is 0 Å². The Bertz CT molecular complexity index is 2870. The van der Waals surface area contributed by atoms with Gasteiger partial charge in [0.2, 0.25) is 0 Å². The SMILES string of the molecule is c1ccc(-c2ccc3c4cc(-c5ccc(N(c6ccccc6)c6ccccc6)cc5)ccc4n(-c4nc5ccccc5nc4-c4ccccn4)c3c2)cc1. The Balaban J connectivity index is 1.16. The average molecular weight is 692 g/mol. The summed E-state index contributed by atoms with van der Waals surface area (Å²) in [5.74, 6) is 0.747. The highest BCUT2D eigenvalue weighted by molar-refractivity contribution is 6.11. The fraction of sp³-hybridized carbons (Fsp3) is 0. The zero-order valence-electron chi connectivity index (χ0n) is 29.3. The third kappa shape index (κ3) is 5.56. The molecule has 0 aliphatic rings. The van der Waals surface area contributed by atoms with Gasteiger partial charge < -0.3 is 4.90 Å². The van der Waals surface area contributed by atoms with E-state index in [0.29, 0.717) is 0 Å². The summed E-state index contributed by atoms with van der Waals surface area (Å²) >= 11 is 0. The Morgan fingerprint density at radius 1 is 0.389 bits per heavy atom. The summed E-state index contributed by atoms with van der Waals surface area (Å²) < 4.78 is 2.27. The Hall–Kier alpha value is -7.37. The normalized spacial score (nSPS) is 11.3. The van der Waals surface area contributed by atoms with Gasteiger partial charge in [-0.2, -0.15) is 0 Å². The molecule has 10 aromatic rings. The Morgan fingerprint density at radius 3 is 1.63 bits per heavy atom. The van der Waals surface area contributed by atoms with Gasteiger partial charge in [0, 0.05) is 34.0 Å². The summed E-state index contributed by atoms with van der Waals surface area (Å²) in [6.07, 6.45) is 1.81. The van der Waals surface area contributed by atoms with E-state index in [2.05, 4.69) is 161 Å². The molecule has 0 spiro atoms. The monoisotopic (exact) mass is 691 g/mol. The molecule has 10 rings (SSSR count). The number of para-hydroxylation sites is 4. The van der Waals surface area contributed by atoms with Crippen molar-refractivity contribution in [2.24, 2.45) is 0 Å². The van der Waals surface area contributed by atoms with Crippen LogP contribution >= 0.6 is 0 Å². The standard InChI is InChI=1S/C49H33N5/c1-4-14-34(15-5-1)37-25-29-41-42-32-36(35-23-27-40(28-24-35)53(38-16-6-2-7-17-38)39-18-8-3-9-19-39)26-30-46(42)54(47(41)33-37)49-48(45-22-12-13-31-50-45)51-43-20-10-11-21-44(43)52-49/h1-33H. The number of pyridine rings is 1. The van der Waals surface area contributed by atoms with E-state index in [-0.39, 0.29) is 0 Å². The van der Waals surface area contributed by atoms with Gasteiger partial charge in [0.25, 0.3) is 0 Å². The smallest absolute Gasteiger partial charge is 0.166 e. The maximum Gasteiger partial charge on any atom is 0.166 e. The van der Waals surface area contributed by atoms with Crippen LogP contribution in [-0.4, -0.2) is 19.5 Å². The molecule has 7 aromatic carbocycles. The number of hydrogen-bond acceptors (Lipinski definition) is 4. The first kappa shape index (κ1) is 31.4. The van der Waals surface area contributed by atoms with Crippen molar-refractivity contribution in [1.29, 1.82) is 0 Å². The fourth-order valence-electron chi connectivity index (χ4n) is 7.46. The maximum atomic E-state index is 5.31. The highest BCUT2D eigenvalue weighted by Gasteiger charge is 2.21. The first-order chi connectivity index (χ1) is 26.8. The number of aromatic nitrogens is 4. The zero-order chi connectivity index (χ0) is 35.8. The summed E-state index contributed by atoms with van der Waals surface area (Å²) in [5.41, 5.74) is 13.2. The first-order valence-corrected chi connectivity index (χ1v) is 18.1. The molecule has 0 N–H and O–H groups in total. The van der Waals surface area contributed by atoms with E-state index in [9.17, 15) is 0 Å². The lowest BCUT2D eigenvalue weighted by atomic mass is 10.0. The number of nitrogens with zero attached hydrogens (tertiary/aromatic N) is 5. The molecule has 254 valence electrons. The molecule has 0 atom stereocenters. The van der Waals surface area contributed by atoms with Crippen LogP contribution in [0.2, 0.25) is 0 Å². The lowest BCUT2D eigenvalue weighted by molar-refractivity contribution is 1.07. The van der Waals surface area contributed by atoms with Crippen molar-refractivity contribution in [3.8, 4) is 39.5 Å². The van der Waals surface area contributed by atoms with E-state index < -0.39 is 0 Å². The van der Waals surface area contributed by atoms with Crippen LogP contribution in [0.1, 0.15) is 0 Å². The zero-order valence-corrected chi connectivity index (χ0v) is 29.3. The lowest BCUT2D eigenvalue weighted by Gasteiger charge is -2.25. The van der Waals surface area contributed by atoms with Gasteiger partial charge in [-0.1, -0.05) is 115 Å². The molecule has 3 aromatic heterocycles. The Kier molecular flexibility index (Phi) is 7.73. The average Bonchev–Trinajstić information content (AvgIpc) is 3.58. The van der Waals surface area contributed by atoms with Crippen molar-refractivity contribution in [2.45, 2.75) is 0 Å². The molecule has 0 aliphatic carbocycles. The third-order valence-corrected chi connectivity index (χ3v) is 10.0. The van der Waals surface area contributed by atoms with Gasteiger partial charge in [-0.05, 0) is 101 Å². The molecule has 0 bridgehead atoms. The van der Waals surface area contributed by atoms with Gasteiger partial charge in [0.15, 0.2) is 5.82 Å². The van der Waals surface area contributed by atoms with Gasteiger partial charge in [-0.25, -0.2) is 9.97 Å². The summed E-state index contributed by atoms with van der Waals surface area (Å²) in [7, 11) is 0. The molecular formula is C49H33N5. The molecule has 54 heavy (non-hydrogen) atoms. The Labute approximate surface area is 313 Å². The molecule has 5 nitrogen and oxygen atoms in total. The van der Waals surface area contributed by atoms with Crippen molar-refractivity contribution >= 4 is 49.9 Å². The summed E-state index contributed by atoms with van der Waals surface area (Å²) in [5, 5.41) is 2.28. The van der Waals surface area contributed by atoms with Crippen LogP contribution < -0.4 is 4.90 Å². The molecule has 5 heteroatoms. The number of hydrogen-bond donors (Lipinski definition) is 0. The minimum absolute atomic E-state index is 0.735. The lowest BCUT2D eigenvalue weighted by Crippen LogP contribution is -2.09. The minimum Gasteiger partial charge on any atom is -0.311 e. The molecular weight excluding hydrogens is 659 g/mol. The molecule has 0 amide bonds. The van der Waals surface area contributed by atoms with Crippen molar-refractivity contribution in [2.75, 3.05) is 4.90 Å². The minimum atomic E-state index is 0.735. The fourth-order valence-corrected chi connectivity index (χ4v) is 7.46. The van der Waals surface area contributed by atoms with Crippen LogP contribution in [0.4, 0.5) is 17.1 Å². The molecule has 0 unspecified atom stereocenters. The molecule has 3 heterocycles. The number of anilines is 3. The van der Waals surface area contributed by atoms with E-state index in [1.54, 1.807) is 0 Å². The van der Waals surface area contributed by atoms with E-state index in [0.717, 1.165) is 89.4 Å². The second-order valence-corrected chi connectivity index (χ2v) is 13.3. The predicted octanol–water partition coefficient (Wildman–Crippen LogP) is 12.6. The largest absolute Gasteiger partial charge is 0.311 e. The second kappa shape index (κ2) is 13.3. The van der Waals surface area contributed by atoms with Crippen molar-refractivity contribution < 1.29 is 0 Å². The summed E-state index contributed by atoms with van der Waals surface area (Å²) in [4.78, 5) is 17.5. The van der Waals surface area contributed by atoms with Crippen LogP contribution in [0.3, 0.4) is 0 Å². The first-order valence-electron chi connectivity index (χ1n) is 18.1. The van der Waals surface area contributed by atoms with Crippen LogP contribution in [-0.2, 0) is 0 Å². The van der Waals surface area contributed by atoms with E-state index in [1.807, 2.05) is 48.7 Å². The molecule has 0 radical (unpaired) electrons. The van der Waals surface area contributed by atoms with Crippen LogP contribution in [0.5, 0.6) is 0 Å². The summed E-state index contributed by atoms with van der Waals surface area (Å²) in [6, 6.07) is 67.9. The van der Waals surface area contributed by atoms with Crippen LogP contribution in [0.25, 0.3) is 72.3 Å². The van der Waals surface area contributed by atoms with E-state index in [1.165, 1.54) is 0 Å². The second-order valence-electron chi connectivity index (χ2n) is 13.3. The molecule has 0 fully saturated rings. The predicted molar refractivity (Wildman–Crippen MR) is 223 cm³/mol. The van der Waals surface area contributed by atoms with Crippen molar-refractivity contribution in [1.82, 2.24) is 19.5 Å². The van der Waals surface area contributed by atoms with Gasteiger partial charge in [0.05, 0.1) is 27.8 Å².